The third kappa shape index (κ3) is 3.92. The zero-order valence-corrected chi connectivity index (χ0v) is 13.9. The molecular formula is C17H12ClF5O2. The summed E-state index contributed by atoms with van der Waals surface area (Å²) in [5.74, 6) is -13.9. The van der Waals surface area contributed by atoms with Crippen molar-refractivity contribution in [1.82, 2.24) is 0 Å². The molecular weight excluding hydrogens is 367 g/mol. The van der Waals surface area contributed by atoms with Gasteiger partial charge in [0.2, 0.25) is 34.8 Å². The van der Waals surface area contributed by atoms with Crippen molar-refractivity contribution < 1.29 is 31.5 Å². The van der Waals surface area contributed by atoms with Crippen molar-refractivity contribution in [3.8, 4) is 5.75 Å². The average molecular weight is 379 g/mol. The minimum Gasteiger partial charge on any atom is -0.416 e. The number of benzene rings is 2. The highest BCUT2D eigenvalue weighted by Gasteiger charge is 2.29. The Bertz CT molecular complexity index is 807. The molecule has 134 valence electrons. The van der Waals surface area contributed by atoms with Crippen LogP contribution in [0.15, 0.2) is 18.2 Å². The van der Waals surface area contributed by atoms with Gasteiger partial charge in [0.15, 0.2) is 0 Å². The molecule has 0 bridgehead atoms. The molecule has 0 spiro atoms. The van der Waals surface area contributed by atoms with Crippen LogP contribution in [0.2, 0.25) is 5.02 Å². The summed E-state index contributed by atoms with van der Waals surface area (Å²) in [5, 5.41) is 0.223. The number of esters is 1. The molecule has 0 fully saturated rings. The molecule has 8 heteroatoms. The second-order valence-electron chi connectivity index (χ2n) is 5.69. The molecule has 0 radical (unpaired) electrons. The van der Waals surface area contributed by atoms with Gasteiger partial charge in [0, 0.05) is 5.02 Å². The summed E-state index contributed by atoms with van der Waals surface area (Å²) in [6.07, 6.45) is 0.631. The van der Waals surface area contributed by atoms with Crippen molar-refractivity contribution in [2.24, 2.45) is 5.92 Å². The third-order valence-corrected chi connectivity index (χ3v) is 3.63. The Kier molecular flexibility index (Phi) is 5.67. The van der Waals surface area contributed by atoms with E-state index in [0.717, 1.165) is 5.56 Å². The molecule has 0 aromatic heterocycles. The number of carbonyl (C=O) groups excluding carboxylic acids is 1. The van der Waals surface area contributed by atoms with Gasteiger partial charge in [-0.1, -0.05) is 31.5 Å². The van der Waals surface area contributed by atoms with Crippen LogP contribution in [-0.4, -0.2) is 5.97 Å². The smallest absolute Gasteiger partial charge is 0.343 e. The van der Waals surface area contributed by atoms with Crippen LogP contribution in [0.25, 0.3) is 0 Å². The van der Waals surface area contributed by atoms with Crippen LogP contribution in [-0.2, 0) is 6.42 Å². The van der Waals surface area contributed by atoms with Gasteiger partial charge in [0.25, 0.3) is 0 Å². The number of carbonyl (C=O) groups is 1. The zero-order chi connectivity index (χ0) is 18.9. The van der Waals surface area contributed by atoms with Crippen molar-refractivity contribution in [3.63, 3.8) is 0 Å². The first-order valence-corrected chi connectivity index (χ1v) is 7.53. The van der Waals surface area contributed by atoms with Gasteiger partial charge in [-0.15, -0.1) is 0 Å². The Hall–Kier alpha value is -2.15. The predicted octanol–water partition coefficient (Wildman–Crippen LogP) is 5.45. The molecule has 0 atom stereocenters. The van der Waals surface area contributed by atoms with E-state index < -0.39 is 40.8 Å². The van der Waals surface area contributed by atoms with E-state index in [-0.39, 0.29) is 10.6 Å². The molecule has 2 aromatic rings. The number of ether oxygens (including phenoxy) is 1. The fourth-order valence-electron chi connectivity index (χ4n) is 2.11. The summed E-state index contributed by atoms with van der Waals surface area (Å²) in [6.45, 7) is 3.92. The van der Waals surface area contributed by atoms with Crippen molar-refractivity contribution in [2.75, 3.05) is 0 Å². The van der Waals surface area contributed by atoms with Crippen LogP contribution in [0.1, 0.15) is 29.8 Å². The summed E-state index contributed by atoms with van der Waals surface area (Å²) in [6, 6.07) is 4.02. The summed E-state index contributed by atoms with van der Waals surface area (Å²) in [7, 11) is 0. The lowest BCUT2D eigenvalue weighted by Gasteiger charge is -2.11. The molecule has 25 heavy (non-hydrogen) atoms. The SMILES string of the molecule is CC(C)Cc1ccc(C(=O)Oc2c(F)c(F)c(F)c(F)c2F)cc1Cl. The van der Waals surface area contributed by atoms with Crippen LogP contribution < -0.4 is 4.74 Å². The maximum absolute atomic E-state index is 13.5. The van der Waals surface area contributed by atoms with Gasteiger partial charge in [-0.05, 0) is 30.0 Å². The monoisotopic (exact) mass is 378 g/mol. The van der Waals surface area contributed by atoms with Gasteiger partial charge in [-0.25, -0.2) is 18.0 Å². The van der Waals surface area contributed by atoms with Crippen LogP contribution in [0, 0.1) is 35.0 Å². The average Bonchev–Trinajstić information content (AvgIpc) is 2.56. The molecule has 2 nitrogen and oxygen atoms in total. The fourth-order valence-corrected chi connectivity index (χ4v) is 2.36. The first-order valence-electron chi connectivity index (χ1n) is 7.15. The van der Waals surface area contributed by atoms with E-state index in [1.54, 1.807) is 0 Å². The number of halogens is 6. The van der Waals surface area contributed by atoms with Gasteiger partial charge >= 0.3 is 5.97 Å². The topological polar surface area (TPSA) is 26.3 Å². The van der Waals surface area contributed by atoms with Crippen LogP contribution in [0.5, 0.6) is 5.75 Å². The standard InChI is InChI=1S/C17H12ClF5O2/c1-7(2)5-8-3-4-9(6-10(8)18)17(24)25-16-14(22)12(20)11(19)13(21)15(16)23/h3-4,6-7H,5H2,1-2H3. The number of rotatable bonds is 4. The van der Waals surface area contributed by atoms with Crippen molar-refractivity contribution in [3.05, 3.63) is 63.4 Å². The highest BCUT2D eigenvalue weighted by Crippen LogP contribution is 2.30. The van der Waals surface area contributed by atoms with Gasteiger partial charge in [0.05, 0.1) is 5.56 Å². The summed E-state index contributed by atoms with van der Waals surface area (Å²) < 4.78 is 70.7. The molecule has 0 heterocycles. The lowest BCUT2D eigenvalue weighted by Crippen LogP contribution is -2.14. The molecule has 0 unspecified atom stereocenters. The molecule has 0 N–H and O–H groups in total. The van der Waals surface area contributed by atoms with E-state index in [1.807, 2.05) is 13.8 Å². The largest absolute Gasteiger partial charge is 0.416 e. The first-order chi connectivity index (χ1) is 11.6. The van der Waals surface area contributed by atoms with E-state index in [1.165, 1.54) is 18.2 Å². The Labute approximate surface area is 145 Å². The molecule has 2 aromatic carbocycles. The van der Waals surface area contributed by atoms with E-state index in [9.17, 15) is 26.7 Å². The molecule has 0 aliphatic heterocycles. The van der Waals surface area contributed by atoms with Crippen molar-refractivity contribution >= 4 is 17.6 Å². The second-order valence-corrected chi connectivity index (χ2v) is 6.10. The van der Waals surface area contributed by atoms with Crippen molar-refractivity contribution in [2.45, 2.75) is 20.3 Å². The molecule has 0 saturated carbocycles. The summed E-state index contributed by atoms with van der Waals surface area (Å²) >= 11 is 6.03. The van der Waals surface area contributed by atoms with Gasteiger partial charge in [0.1, 0.15) is 0 Å². The van der Waals surface area contributed by atoms with E-state index in [2.05, 4.69) is 4.74 Å². The van der Waals surface area contributed by atoms with Gasteiger partial charge in [-0.2, -0.15) is 8.78 Å². The first kappa shape index (κ1) is 19.2. The highest BCUT2D eigenvalue weighted by atomic mass is 35.5. The number of hydrogen-bond donors (Lipinski definition) is 0. The van der Waals surface area contributed by atoms with E-state index in [4.69, 9.17) is 11.6 Å². The Morgan fingerprint density at radius 2 is 1.52 bits per heavy atom. The molecule has 0 aliphatic rings. The maximum Gasteiger partial charge on any atom is 0.343 e. The molecule has 2 rings (SSSR count). The normalized spacial score (nSPS) is 11.1. The Morgan fingerprint density at radius 3 is 2.00 bits per heavy atom. The third-order valence-electron chi connectivity index (χ3n) is 3.28. The minimum atomic E-state index is -2.34. The highest BCUT2D eigenvalue weighted by molar-refractivity contribution is 6.31. The lowest BCUT2D eigenvalue weighted by molar-refractivity contribution is 0.0716. The molecule has 0 saturated heterocycles. The lowest BCUT2D eigenvalue weighted by atomic mass is 10.0. The van der Waals surface area contributed by atoms with Gasteiger partial charge < -0.3 is 4.74 Å². The van der Waals surface area contributed by atoms with Crippen LogP contribution in [0.4, 0.5) is 22.0 Å². The number of hydrogen-bond acceptors (Lipinski definition) is 2. The zero-order valence-electron chi connectivity index (χ0n) is 13.1. The van der Waals surface area contributed by atoms with Crippen molar-refractivity contribution in [1.29, 1.82) is 0 Å². The van der Waals surface area contributed by atoms with Gasteiger partial charge in [-0.3, -0.25) is 0 Å². The Morgan fingerprint density at radius 1 is 1.00 bits per heavy atom. The fraction of sp³-hybridized carbons (Fsp3) is 0.235. The molecule has 0 aliphatic carbocycles. The van der Waals surface area contributed by atoms with Crippen LogP contribution in [0.3, 0.4) is 0 Å². The quantitative estimate of drug-likeness (QED) is 0.232. The summed E-state index contributed by atoms with van der Waals surface area (Å²) in [4.78, 5) is 12.0. The molecule has 0 amide bonds. The summed E-state index contributed by atoms with van der Waals surface area (Å²) in [5.41, 5.74) is 0.547. The second kappa shape index (κ2) is 7.39. The van der Waals surface area contributed by atoms with E-state index >= 15 is 0 Å². The minimum absolute atomic E-state index is 0.193. The Balaban J connectivity index is 2.34. The maximum atomic E-state index is 13.5. The van der Waals surface area contributed by atoms with E-state index in [0.29, 0.717) is 12.3 Å². The van der Waals surface area contributed by atoms with Crippen LogP contribution >= 0.6 is 11.6 Å². The predicted molar refractivity (Wildman–Crippen MR) is 81.2 cm³/mol.